The number of aromatic nitrogens is 12. The summed E-state index contributed by atoms with van der Waals surface area (Å²) >= 11 is 0. The normalized spacial score (nSPS) is 9.43. The van der Waals surface area contributed by atoms with Gasteiger partial charge in [-0.1, -0.05) is 113 Å². The lowest BCUT2D eigenvalue weighted by Crippen LogP contribution is -1.87. The van der Waals surface area contributed by atoms with E-state index in [-0.39, 0.29) is 0 Å². The van der Waals surface area contributed by atoms with E-state index in [1.54, 1.807) is 12.4 Å². The van der Waals surface area contributed by atoms with Gasteiger partial charge in [0.25, 0.3) is 0 Å². The van der Waals surface area contributed by atoms with Crippen molar-refractivity contribution in [2.45, 2.75) is 166 Å². The quantitative estimate of drug-likeness (QED) is 0.142. The molecule has 0 bridgehead atoms. The lowest BCUT2D eigenvalue weighted by atomic mass is 10.1. The zero-order valence-corrected chi connectivity index (χ0v) is 55.2. The molecule has 0 aliphatic carbocycles. The molecule has 3 aromatic carbocycles. The molecule has 0 radical (unpaired) electrons. The van der Waals surface area contributed by atoms with Gasteiger partial charge in [0.05, 0.1) is 78.4 Å². The van der Waals surface area contributed by atoms with Gasteiger partial charge in [-0.3, -0.25) is 39.9 Å². The average Bonchev–Trinajstić information content (AvgIpc) is 3.73. The van der Waals surface area contributed by atoms with E-state index in [1.807, 2.05) is 249 Å². The molecule has 0 saturated heterocycles. The van der Waals surface area contributed by atoms with Crippen LogP contribution in [0.2, 0.25) is 0 Å². The van der Waals surface area contributed by atoms with Crippen molar-refractivity contribution < 1.29 is 0 Å². The van der Waals surface area contributed by atoms with Crippen molar-refractivity contribution in [2.24, 2.45) is 0 Å². The van der Waals surface area contributed by atoms with E-state index >= 15 is 0 Å². The smallest absolute Gasteiger partial charge is 0.0932 e. The summed E-state index contributed by atoms with van der Waals surface area (Å²) in [6.45, 7) is 48.0. The first-order chi connectivity index (χ1) is 40.5. The maximum Gasteiger partial charge on any atom is 0.0932 e. The highest BCUT2D eigenvalue weighted by molar-refractivity contribution is 5.80. The van der Waals surface area contributed by atoms with E-state index < -0.39 is 0 Å². The standard InChI is InChI=1S/6C10H10N2.6C2H6/c1-7-3-9-10(11-5-7)4-8(2)6-12-9;1-7-3-5-10-9(11-7)6-4-8(2)12-10;1-7-3-4-9-5-8(2)11-6-10(9)12-7;2*1-7-3-4-9-10(5-7)11-6-8(2)12-9;1-7-3-4-9-6-8(2)11-12-10(9)5-7;6*1-2/h6*3-6H,1-2H3;6*1-2H3. The Morgan fingerprint density at radius 2 is 0.488 bits per heavy atom. The molecule has 9 aromatic heterocycles. The van der Waals surface area contributed by atoms with Crippen molar-refractivity contribution in [3.05, 3.63) is 214 Å². The van der Waals surface area contributed by atoms with Crippen molar-refractivity contribution in [2.75, 3.05) is 0 Å². The molecule has 444 valence electrons. The van der Waals surface area contributed by atoms with E-state index in [2.05, 4.69) is 111 Å². The molecule has 0 spiro atoms. The summed E-state index contributed by atoms with van der Waals surface area (Å²) < 4.78 is 0. The van der Waals surface area contributed by atoms with E-state index in [0.717, 1.165) is 117 Å². The van der Waals surface area contributed by atoms with Crippen molar-refractivity contribution in [1.29, 1.82) is 0 Å². The second kappa shape index (κ2) is 40.5. The fourth-order valence-corrected chi connectivity index (χ4v) is 7.33. The third kappa shape index (κ3) is 25.2. The maximum atomic E-state index is 4.35. The van der Waals surface area contributed by atoms with Crippen LogP contribution in [0.1, 0.15) is 151 Å². The van der Waals surface area contributed by atoms with Gasteiger partial charge in [0.2, 0.25) is 0 Å². The highest BCUT2D eigenvalue weighted by Gasteiger charge is 2.00. The first kappa shape index (κ1) is 73.4. The predicted octanol–water partition coefficient (Wildman–Crippen LogP) is 19.6. The van der Waals surface area contributed by atoms with Crippen LogP contribution in [0.3, 0.4) is 0 Å². The van der Waals surface area contributed by atoms with E-state index in [0.29, 0.717) is 0 Å². The van der Waals surface area contributed by atoms with Gasteiger partial charge in [-0.05, 0) is 196 Å². The largest absolute Gasteiger partial charge is 0.259 e. The van der Waals surface area contributed by atoms with Crippen LogP contribution < -0.4 is 0 Å². The zero-order chi connectivity index (χ0) is 63.3. The number of hydrogen-bond donors (Lipinski definition) is 0. The summed E-state index contributed by atoms with van der Waals surface area (Å²) in [5.74, 6) is 0. The number of hydrogen-bond acceptors (Lipinski definition) is 12. The number of nitrogens with zero attached hydrogens (tertiary/aromatic N) is 12. The van der Waals surface area contributed by atoms with Crippen molar-refractivity contribution in [3.63, 3.8) is 0 Å². The topological polar surface area (TPSA) is 155 Å². The van der Waals surface area contributed by atoms with Crippen LogP contribution in [-0.2, 0) is 0 Å². The summed E-state index contributed by atoms with van der Waals surface area (Å²) in [4.78, 5) is 43.1. The van der Waals surface area contributed by atoms with Gasteiger partial charge in [-0.25, -0.2) is 9.97 Å². The zero-order valence-electron chi connectivity index (χ0n) is 55.2. The minimum atomic E-state index is 0.964. The fourth-order valence-electron chi connectivity index (χ4n) is 7.33. The summed E-state index contributed by atoms with van der Waals surface area (Å²) in [6.07, 6.45) is 9.13. The maximum absolute atomic E-state index is 4.35. The van der Waals surface area contributed by atoms with Gasteiger partial charge >= 0.3 is 0 Å². The summed E-state index contributed by atoms with van der Waals surface area (Å²) in [5.41, 5.74) is 22.7. The third-order valence-corrected chi connectivity index (χ3v) is 11.0. The Labute approximate surface area is 503 Å². The molecule has 0 saturated carbocycles. The van der Waals surface area contributed by atoms with Crippen LogP contribution in [0.15, 0.2) is 146 Å². The van der Waals surface area contributed by atoms with Crippen LogP contribution >= 0.6 is 0 Å². The number of pyridine rings is 6. The molecular formula is C72H96N12. The molecule has 0 unspecified atom stereocenters. The van der Waals surface area contributed by atoms with E-state index in [9.17, 15) is 0 Å². The van der Waals surface area contributed by atoms with Crippen molar-refractivity contribution >= 4 is 65.9 Å². The SMILES string of the molecule is CC.CC.CC.CC.CC.CC.Cc1cc2ccc(C)nc2cn1.Cc1ccc2cc(C)nnc2c1.Cc1ccc2nc(C)ccc2n1.Cc1ccc2nc(C)cnc2c1.Cc1ccc2nc(C)cnc2c1.Cc1cnc2cc(C)cnc2c1. The second-order valence-corrected chi connectivity index (χ2v) is 18.0. The average molecular weight is 1130 g/mol. The van der Waals surface area contributed by atoms with Gasteiger partial charge in [-0.2, -0.15) is 10.2 Å². The minimum Gasteiger partial charge on any atom is -0.259 e. The van der Waals surface area contributed by atoms with Crippen molar-refractivity contribution in [3.8, 4) is 0 Å². The molecule has 0 atom stereocenters. The molecule has 12 nitrogen and oxygen atoms in total. The van der Waals surface area contributed by atoms with Crippen LogP contribution in [-0.4, -0.2) is 60.0 Å². The van der Waals surface area contributed by atoms with E-state index in [4.69, 9.17) is 0 Å². The fraction of sp³-hybridized carbons (Fsp3) is 0.333. The Kier molecular flexibility index (Phi) is 35.4. The molecule has 0 N–H and O–H groups in total. The highest BCUT2D eigenvalue weighted by Crippen LogP contribution is 2.16. The van der Waals surface area contributed by atoms with E-state index in [1.165, 1.54) is 16.7 Å². The molecule has 84 heavy (non-hydrogen) atoms. The third-order valence-electron chi connectivity index (χ3n) is 11.0. The lowest BCUT2D eigenvalue weighted by Gasteiger charge is -1.98. The Bertz CT molecular complexity index is 2930. The Morgan fingerprint density at radius 1 is 0.190 bits per heavy atom. The Morgan fingerprint density at radius 3 is 0.940 bits per heavy atom. The Balaban J connectivity index is 0.000000486. The van der Waals surface area contributed by atoms with Gasteiger partial charge in [0, 0.05) is 58.3 Å². The number of rotatable bonds is 0. The lowest BCUT2D eigenvalue weighted by molar-refractivity contribution is 1.02. The summed E-state index contributed by atoms with van der Waals surface area (Å²) in [5, 5.41) is 10.4. The number of benzene rings is 3. The molecular weight excluding hydrogens is 1030 g/mol. The van der Waals surface area contributed by atoms with Crippen molar-refractivity contribution in [1.82, 2.24) is 60.0 Å². The van der Waals surface area contributed by atoms with Gasteiger partial charge < -0.3 is 0 Å². The molecule has 0 aliphatic rings. The van der Waals surface area contributed by atoms with Crippen LogP contribution in [0.25, 0.3) is 65.9 Å². The molecule has 12 heteroatoms. The monoisotopic (exact) mass is 1130 g/mol. The first-order valence-corrected chi connectivity index (χ1v) is 29.7. The summed E-state index contributed by atoms with van der Waals surface area (Å²) in [6, 6.07) is 38.6. The van der Waals surface area contributed by atoms with Crippen LogP contribution in [0.4, 0.5) is 0 Å². The van der Waals surface area contributed by atoms with Crippen LogP contribution in [0, 0.1) is 83.1 Å². The minimum absolute atomic E-state index is 0.964. The molecule has 12 aromatic rings. The molecule has 9 heterocycles. The molecule has 12 rings (SSSR count). The molecule has 0 aliphatic heterocycles. The number of aryl methyl sites for hydroxylation is 12. The highest BCUT2D eigenvalue weighted by atomic mass is 15.1. The molecule has 0 amide bonds. The molecule has 0 fully saturated rings. The number of fused-ring (bicyclic) bond motifs is 6. The Hall–Kier alpha value is -8.64. The van der Waals surface area contributed by atoms with Crippen LogP contribution in [0.5, 0.6) is 0 Å². The first-order valence-electron chi connectivity index (χ1n) is 29.7. The predicted molar refractivity (Wildman–Crippen MR) is 362 cm³/mol. The van der Waals surface area contributed by atoms with Gasteiger partial charge in [0.15, 0.2) is 0 Å². The second-order valence-electron chi connectivity index (χ2n) is 18.0. The van der Waals surface area contributed by atoms with Gasteiger partial charge in [-0.15, -0.1) is 0 Å². The summed E-state index contributed by atoms with van der Waals surface area (Å²) in [7, 11) is 0. The van der Waals surface area contributed by atoms with Gasteiger partial charge in [0.1, 0.15) is 0 Å².